The fourth-order valence-corrected chi connectivity index (χ4v) is 4.29. The number of aromatic nitrogens is 2. The lowest BCUT2D eigenvalue weighted by molar-refractivity contribution is -0.119. The zero-order valence-electron chi connectivity index (χ0n) is 16.0. The molecule has 2 N–H and O–H groups in total. The Morgan fingerprint density at radius 2 is 1.96 bits per heavy atom. The molecule has 1 atom stereocenters. The smallest absolute Gasteiger partial charge is 0.230 e. The average molecular weight is 413 g/mol. The first kappa shape index (κ1) is 20.4. The Hall–Kier alpha value is -2.38. The predicted octanol–water partition coefficient (Wildman–Crippen LogP) is 4.82. The van der Waals surface area contributed by atoms with Crippen LogP contribution in [-0.4, -0.2) is 27.9 Å². The van der Waals surface area contributed by atoms with Crippen molar-refractivity contribution >= 4 is 39.8 Å². The summed E-state index contributed by atoms with van der Waals surface area (Å²) in [5, 5.41) is 15.3. The predicted molar refractivity (Wildman–Crippen MR) is 117 cm³/mol. The molecule has 5 nitrogen and oxygen atoms in total. The van der Waals surface area contributed by atoms with Crippen LogP contribution in [0.15, 0.2) is 58.9 Å². The molecule has 7 heteroatoms. The van der Waals surface area contributed by atoms with Crippen molar-refractivity contribution in [3.05, 3.63) is 65.7 Å². The van der Waals surface area contributed by atoms with Gasteiger partial charge in [0.15, 0.2) is 4.34 Å². The van der Waals surface area contributed by atoms with Crippen LogP contribution in [0.4, 0.5) is 10.8 Å². The minimum atomic E-state index is 0.0222. The average Bonchev–Trinajstić information content (AvgIpc) is 3.13. The number of nitrogens with zero attached hydrogens (tertiary/aromatic N) is 2. The highest BCUT2D eigenvalue weighted by Gasteiger charge is 2.11. The third kappa shape index (κ3) is 6.65. The molecular formula is C21H24N4OS2. The lowest BCUT2D eigenvalue weighted by Crippen LogP contribution is -2.34. The molecule has 0 aliphatic rings. The molecule has 0 saturated carbocycles. The van der Waals surface area contributed by atoms with Gasteiger partial charge in [0.2, 0.25) is 11.0 Å². The van der Waals surface area contributed by atoms with Gasteiger partial charge in [0.25, 0.3) is 0 Å². The van der Waals surface area contributed by atoms with Gasteiger partial charge in [-0.15, -0.1) is 10.2 Å². The highest BCUT2D eigenvalue weighted by atomic mass is 32.2. The molecule has 146 valence electrons. The number of hydrogen-bond donors (Lipinski definition) is 2. The second-order valence-corrected chi connectivity index (χ2v) is 8.85. The molecule has 0 spiro atoms. The molecule has 0 aliphatic carbocycles. The minimum Gasteiger partial charge on any atom is -0.353 e. The van der Waals surface area contributed by atoms with Crippen molar-refractivity contribution in [2.75, 3.05) is 11.1 Å². The summed E-state index contributed by atoms with van der Waals surface area (Å²) in [6, 6.07) is 18.6. The van der Waals surface area contributed by atoms with Gasteiger partial charge in [0.05, 0.1) is 5.75 Å². The normalized spacial score (nSPS) is 11.8. The number of amides is 1. The summed E-state index contributed by atoms with van der Waals surface area (Å²) in [4.78, 5) is 12.2. The number of anilines is 2. The Balaban J connectivity index is 1.40. The van der Waals surface area contributed by atoms with Crippen LogP contribution in [0.5, 0.6) is 0 Å². The fourth-order valence-electron chi connectivity index (χ4n) is 2.71. The second kappa shape index (κ2) is 10.2. The Morgan fingerprint density at radius 1 is 1.14 bits per heavy atom. The monoisotopic (exact) mass is 412 g/mol. The molecule has 2 aromatic carbocycles. The third-order valence-corrected chi connectivity index (χ3v) is 6.09. The van der Waals surface area contributed by atoms with Crippen molar-refractivity contribution in [2.45, 2.75) is 37.1 Å². The maximum atomic E-state index is 12.2. The van der Waals surface area contributed by atoms with Crippen molar-refractivity contribution in [3.63, 3.8) is 0 Å². The molecular weight excluding hydrogens is 388 g/mol. The van der Waals surface area contributed by atoms with Crippen molar-refractivity contribution < 1.29 is 4.79 Å². The number of thioether (sulfide) groups is 1. The molecule has 28 heavy (non-hydrogen) atoms. The van der Waals surface area contributed by atoms with Gasteiger partial charge in [-0.1, -0.05) is 65.6 Å². The van der Waals surface area contributed by atoms with E-state index < -0.39 is 0 Å². The lowest BCUT2D eigenvalue weighted by Gasteiger charge is -2.13. The molecule has 0 unspecified atom stereocenters. The van der Waals surface area contributed by atoms with E-state index in [1.807, 2.05) is 50.2 Å². The van der Waals surface area contributed by atoms with Crippen molar-refractivity contribution in [1.82, 2.24) is 15.5 Å². The molecule has 0 saturated heterocycles. The van der Waals surface area contributed by atoms with Crippen molar-refractivity contribution in [1.29, 1.82) is 0 Å². The number of rotatable bonds is 9. The van der Waals surface area contributed by atoms with Crippen LogP contribution in [0.1, 0.15) is 24.5 Å². The van der Waals surface area contributed by atoms with Gasteiger partial charge in [0, 0.05) is 11.7 Å². The number of aryl methyl sites for hydroxylation is 2. The van der Waals surface area contributed by atoms with E-state index in [4.69, 9.17) is 0 Å². The van der Waals surface area contributed by atoms with Crippen LogP contribution in [0.2, 0.25) is 0 Å². The number of carbonyl (C=O) groups is 1. The summed E-state index contributed by atoms with van der Waals surface area (Å²) in [5.41, 5.74) is 3.46. The zero-order valence-corrected chi connectivity index (χ0v) is 17.6. The summed E-state index contributed by atoms with van der Waals surface area (Å²) in [6.07, 6.45) is 1.88. The third-order valence-electron chi connectivity index (χ3n) is 4.12. The summed E-state index contributed by atoms with van der Waals surface area (Å²) >= 11 is 2.86. The van der Waals surface area contributed by atoms with E-state index in [9.17, 15) is 4.79 Å². The molecule has 3 rings (SSSR count). The summed E-state index contributed by atoms with van der Waals surface area (Å²) in [7, 11) is 0. The number of benzene rings is 2. The van der Waals surface area contributed by atoms with Gasteiger partial charge < -0.3 is 10.6 Å². The van der Waals surface area contributed by atoms with Crippen LogP contribution < -0.4 is 10.6 Å². The Morgan fingerprint density at radius 3 is 2.75 bits per heavy atom. The zero-order chi connectivity index (χ0) is 19.8. The van der Waals surface area contributed by atoms with Gasteiger partial charge >= 0.3 is 0 Å². The van der Waals surface area contributed by atoms with E-state index in [2.05, 4.69) is 39.0 Å². The van der Waals surface area contributed by atoms with Gasteiger partial charge in [-0.05, 0) is 49.9 Å². The van der Waals surface area contributed by atoms with Crippen LogP contribution in [0.3, 0.4) is 0 Å². The molecule has 1 amide bonds. The van der Waals surface area contributed by atoms with Gasteiger partial charge in [0.1, 0.15) is 0 Å². The van der Waals surface area contributed by atoms with Crippen molar-refractivity contribution in [3.8, 4) is 0 Å². The minimum absolute atomic E-state index is 0.0222. The summed E-state index contributed by atoms with van der Waals surface area (Å²) in [6.45, 7) is 4.09. The fraction of sp³-hybridized carbons (Fsp3) is 0.286. The van der Waals surface area contributed by atoms with E-state index in [0.717, 1.165) is 28.0 Å². The van der Waals surface area contributed by atoms with Crippen LogP contribution in [0.25, 0.3) is 0 Å². The molecule has 1 aromatic heterocycles. The van der Waals surface area contributed by atoms with Crippen LogP contribution in [0, 0.1) is 6.92 Å². The topological polar surface area (TPSA) is 66.9 Å². The summed E-state index contributed by atoms with van der Waals surface area (Å²) < 4.78 is 0.780. The molecule has 0 bridgehead atoms. The Kier molecular flexibility index (Phi) is 7.45. The van der Waals surface area contributed by atoms with Crippen LogP contribution in [-0.2, 0) is 11.2 Å². The van der Waals surface area contributed by atoms with Crippen molar-refractivity contribution in [2.24, 2.45) is 0 Å². The van der Waals surface area contributed by atoms with E-state index in [1.165, 1.54) is 34.2 Å². The maximum absolute atomic E-state index is 12.2. The molecule has 0 radical (unpaired) electrons. The van der Waals surface area contributed by atoms with E-state index in [0.29, 0.717) is 5.75 Å². The second-order valence-electron chi connectivity index (χ2n) is 6.65. The highest BCUT2D eigenvalue weighted by Crippen LogP contribution is 2.27. The highest BCUT2D eigenvalue weighted by molar-refractivity contribution is 8.01. The van der Waals surface area contributed by atoms with E-state index in [1.54, 1.807) is 0 Å². The Labute approximate surface area is 174 Å². The van der Waals surface area contributed by atoms with E-state index in [-0.39, 0.29) is 11.9 Å². The molecule has 3 aromatic rings. The largest absolute Gasteiger partial charge is 0.353 e. The van der Waals surface area contributed by atoms with Gasteiger partial charge in [-0.25, -0.2) is 0 Å². The van der Waals surface area contributed by atoms with Gasteiger partial charge in [-0.3, -0.25) is 4.79 Å². The number of hydrogen-bond acceptors (Lipinski definition) is 6. The Bertz CT molecular complexity index is 898. The number of nitrogens with one attached hydrogen (secondary N) is 2. The first-order valence-corrected chi connectivity index (χ1v) is 11.0. The molecule has 1 heterocycles. The van der Waals surface area contributed by atoms with Crippen LogP contribution >= 0.6 is 23.1 Å². The quantitative estimate of drug-likeness (QED) is 0.493. The summed E-state index contributed by atoms with van der Waals surface area (Å²) in [5.74, 6) is 0.364. The molecule has 0 aliphatic heterocycles. The number of carbonyl (C=O) groups excluding carboxylic acids is 1. The SMILES string of the molecule is Cc1cccc(Nc2nnc(SCC(=O)N[C@H](C)CCc3ccccc3)s2)c1. The lowest BCUT2D eigenvalue weighted by atomic mass is 10.1. The van der Waals surface area contributed by atoms with E-state index >= 15 is 0 Å². The standard InChI is InChI=1S/C21H24N4OS2/c1-15-7-6-10-18(13-15)23-20-24-25-21(28-20)27-14-19(26)22-16(2)11-12-17-8-4-3-5-9-17/h3-10,13,16H,11-12,14H2,1-2H3,(H,22,26)(H,23,24)/t16-/m1/s1. The first-order valence-electron chi connectivity index (χ1n) is 9.22. The molecule has 0 fully saturated rings. The first-order chi connectivity index (χ1) is 13.6. The maximum Gasteiger partial charge on any atom is 0.230 e. The van der Waals surface area contributed by atoms with Gasteiger partial charge in [-0.2, -0.15) is 0 Å².